The van der Waals surface area contributed by atoms with Crippen molar-refractivity contribution in [3.63, 3.8) is 0 Å². The van der Waals surface area contributed by atoms with Crippen LogP contribution in [-0.4, -0.2) is 41.3 Å². The fraction of sp³-hybridized carbons (Fsp3) is 0.407. The molecule has 1 atom stereocenters. The number of benzene rings is 2. The van der Waals surface area contributed by atoms with Crippen molar-refractivity contribution in [2.75, 3.05) is 20.3 Å². The molecule has 0 aliphatic carbocycles. The Morgan fingerprint density at radius 2 is 1.79 bits per heavy atom. The van der Waals surface area contributed by atoms with E-state index >= 15 is 0 Å². The standard InChI is InChI=1S/C27H33N3O3/c1-4-6-11-16-30-26(20-14-15-21(22(18-20)32-3)33-17-7-5-2)23-24(19-12-9-8-10-13-19)28-29-25(23)27(30)31/h8-10,12-15,18,26H,4-7,11,16-17H2,1-3H3,(H,28,29). The van der Waals surface area contributed by atoms with Crippen molar-refractivity contribution in [2.45, 2.75) is 52.0 Å². The fourth-order valence-electron chi connectivity index (χ4n) is 4.42. The van der Waals surface area contributed by atoms with Crippen molar-refractivity contribution >= 4 is 5.91 Å². The number of ether oxygens (including phenoxy) is 2. The lowest BCUT2D eigenvalue weighted by atomic mass is 9.95. The molecule has 174 valence electrons. The second-order valence-corrected chi connectivity index (χ2v) is 8.45. The Kier molecular flexibility index (Phi) is 7.33. The number of methoxy groups -OCH3 is 1. The predicted molar refractivity (Wildman–Crippen MR) is 130 cm³/mol. The zero-order valence-electron chi connectivity index (χ0n) is 19.8. The lowest BCUT2D eigenvalue weighted by molar-refractivity contribution is 0.0740. The van der Waals surface area contributed by atoms with Crippen LogP contribution in [0.25, 0.3) is 11.3 Å². The van der Waals surface area contributed by atoms with Gasteiger partial charge in [0.1, 0.15) is 5.69 Å². The summed E-state index contributed by atoms with van der Waals surface area (Å²) in [5.41, 5.74) is 4.33. The van der Waals surface area contributed by atoms with E-state index in [0.29, 0.717) is 24.6 Å². The molecular formula is C27H33N3O3. The van der Waals surface area contributed by atoms with Crippen LogP contribution < -0.4 is 9.47 Å². The SMILES string of the molecule is CCCCCN1C(=O)c2[nH]nc(-c3ccccc3)c2C1c1ccc(OCCCC)c(OC)c1. The Labute approximate surface area is 195 Å². The first-order valence-corrected chi connectivity index (χ1v) is 11.9. The van der Waals surface area contributed by atoms with E-state index in [1.54, 1.807) is 7.11 Å². The van der Waals surface area contributed by atoms with Crippen molar-refractivity contribution in [1.82, 2.24) is 15.1 Å². The quantitative estimate of drug-likeness (QED) is 0.366. The first-order valence-electron chi connectivity index (χ1n) is 11.9. The number of aromatic amines is 1. The highest BCUT2D eigenvalue weighted by Crippen LogP contribution is 2.44. The van der Waals surface area contributed by atoms with Crippen molar-refractivity contribution in [1.29, 1.82) is 0 Å². The van der Waals surface area contributed by atoms with Gasteiger partial charge < -0.3 is 14.4 Å². The lowest BCUT2D eigenvalue weighted by Crippen LogP contribution is -2.30. The molecule has 6 heteroatoms. The number of nitrogens with one attached hydrogen (secondary N) is 1. The van der Waals surface area contributed by atoms with Gasteiger partial charge in [0.25, 0.3) is 5.91 Å². The summed E-state index contributed by atoms with van der Waals surface area (Å²) in [6.45, 7) is 5.67. The summed E-state index contributed by atoms with van der Waals surface area (Å²) >= 11 is 0. The third kappa shape index (κ3) is 4.61. The maximum Gasteiger partial charge on any atom is 0.273 e. The van der Waals surface area contributed by atoms with Crippen LogP contribution in [0.1, 0.15) is 73.6 Å². The zero-order chi connectivity index (χ0) is 23.2. The fourth-order valence-corrected chi connectivity index (χ4v) is 4.42. The Bertz CT molecular complexity index is 1080. The third-order valence-corrected chi connectivity index (χ3v) is 6.17. The third-order valence-electron chi connectivity index (χ3n) is 6.17. The van der Waals surface area contributed by atoms with Gasteiger partial charge in [-0.1, -0.05) is 69.5 Å². The van der Waals surface area contributed by atoms with E-state index in [9.17, 15) is 4.79 Å². The summed E-state index contributed by atoms with van der Waals surface area (Å²) in [4.78, 5) is 15.4. The van der Waals surface area contributed by atoms with Gasteiger partial charge in [-0.3, -0.25) is 9.89 Å². The molecule has 0 fully saturated rings. The van der Waals surface area contributed by atoms with Crippen molar-refractivity contribution in [2.24, 2.45) is 0 Å². The molecule has 1 amide bonds. The van der Waals surface area contributed by atoms with Gasteiger partial charge in [-0.25, -0.2) is 0 Å². The largest absolute Gasteiger partial charge is 0.493 e. The zero-order valence-corrected chi connectivity index (χ0v) is 19.8. The highest BCUT2D eigenvalue weighted by Gasteiger charge is 2.42. The molecule has 1 unspecified atom stereocenters. The summed E-state index contributed by atoms with van der Waals surface area (Å²) in [5.74, 6) is 1.41. The number of aromatic nitrogens is 2. The van der Waals surface area contributed by atoms with E-state index in [1.807, 2.05) is 53.4 Å². The summed E-state index contributed by atoms with van der Waals surface area (Å²) in [5, 5.41) is 7.58. The van der Waals surface area contributed by atoms with E-state index in [2.05, 4.69) is 24.0 Å². The Morgan fingerprint density at radius 3 is 2.52 bits per heavy atom. The molecule has 0 bridgehead atoms. The summed E-state index contributed by atoms with van der Waals surface area (Å²) in [7, 11) is 1.66. The molecule has 4 rings (SSSR count). The molecule has 0 radical (unpaired) electrons. The van der Waals surface area contributed by atoms with Crippen molar-refractivity contribution < 1.29 is 14.3 Å². The number of carbonyl (C=O) groups is 1. The first-order chi connectivity index (χ1) is 16.2. The Hall–Kier alpha value is -3.28. The minimum Gasteiger partial charge on any atom is -0.493 e. The van der Waals surface area contributed by atoms with Crippen LogP contribution in [0.4, 0.5) is 0 Å². The van der Waals surface area contributed by atoms with E-state index < -0.39 is 0 Å². The molecule has 6 nitrogen and oxygen atoms in total. The Morgan fingerprint density at radius 1 is 1.00 bits per heavy atom. The molecular weight excluding hydrogens is 414 g/mol. The van der Waals surface area contributed by atoms with Gasteiger partial charge in [0.15, 0.2) is 11.5 Å². The van der Waals surface area contributed by atoms with Gasteiger partial charge in [-0.05, 0) is 30.5 Å². The van der Waals surface area contributed by atoms with E-state index in [-0.39, 0.29) is 11.9 Å². The molecule has 1 N–H and O–H groups in total. The van der Waals surface area contributed by atoms with Crippen molar-refractivity contribution in [3.8, 4) is 22.8 Å². The normalized spacial score (nSPS) is 15.1. The smallest absolute Gasteiger partial charge is 0.273 e. The van der Waals surface area contributed by atoms with Gasteiger partial charge in [-0.2, -0.15) is 5.10 Å². The monoisotopic (exact) mass is 447 g/mol. The molecule has 3 aromatic rings. The lowest BCUT2D eigenvalue weighted by Gasteiger charge is -2.27. The maximum absolute atomic E-state index is 13.4. The molecule has 1 aromatic heterocycles. The number of hydrogen-bond donors (Lipinski definition) is 1. The van der Waals surface area contributed by atoms with Crippen LogP contribution in [0.15, 0.2) is 48.5 Å². The molecule has 33 heavy (non-hydrogen) atoms. The second-order valence-electron chi connectivity index (χ2n) is 8.45. The highest BCUT2D eigenvalue weighted by atomic mass is 16.5. The molecule has 0 spiro atoms. The minimum absolute atomic E-state index is 0.00280. The number of nitrogens with zero attached hydrogens (tertiary/aromatic N) is 2. The van der Waals surface area contributed by atoms with E-state index in [0.717, 1.165) is 60.2 Å². The summed E-state index contributed by atoms with van der Waals surface area (Å²) in [6, 6.07) is 15.8. The van der Waals surface area contributed by atoms with Gasteiger partial charge >= 0.3 is 0 Å². The van der Waals surface area contributed by atoms with Crippen LogP contribution in [0, 0.1) is 0 Å². The number of carbonyl (C=O) groups excluding carboxylic acids is 1. The maximum atomic E-state index is 13.4. The number of unbranched alkanes of at least 4 members (excludes halogenated alkanes) is 3. The molecule has 1 aliphatic rings. The average molecular weight is 448 g/mol. The summed E-state index contributed by atoms with van der Waals surface area (Å²) in [6.07, 6.45) is 5.22. The van der Waals surface area contributed by atoms with Gasteiger partial charge in [0, 0.05) is 17.7 Å². The number of fused-ring (bicyclic) bond motifs is 1. The predicted octanol–water partition coefficient (Wildman–Crippen LogP) is 6.00. The Balaban J connectivity index is 1.76. The van der Waals surface area contributed by atoms with Crippen LogP contribution in [0.3, 0.4) is 0 Å². The highest BCUT2D eigenvalue weighted by molar-refractivity contribution is 6.00. The van der Waals surface area contributed by atoms with Gasteiger partial charge in [-0.15, -0.1) is 0 Å². The first kappa shape index (κ1) is 22.9. The van der Waals surface area contributed by atoms with Crippen LogP contribution in [0.2, 0.25) is 0 Å². The van der Waals surface area contributed by atoms with Crippen LogP contribution >= 0.6 is 0 Å². The summed E-state index contributed by atoms with van der Waals surface area (Å²) < 4.78 is 11.6. The topological polar surface area (TPSA) is 67.5 Å². The van der Waals surface area contributed by atoms with Crippen LogP contribution in [0.5, 0.6) is 11.5 Å². The van der Waals surface area contributed by atoms with E-state index in [1.165, 1.54) is 0 Å². The van der Waals surface area contributed by atoms with Gasteiger partial charge in [0.05, 0.1) is 25.5 Å². The molecule has 0 saturated heterocycles. The van der Waals surface area contributed by atoms with Gasteiger partial charge in [0.2, 0.25) is 0 Å². The molecule has 2 heterocycles. The second kappa shape index (κ2) is 10.6. The molecule has 0 saturated carbocycles. The number of amides is 1. The molecule has 2 aromatic carbocycles. The number of rotatable bonds is 11. The van der Waals surface area contributed by atoms with E-state index in [4.69, 9.17) is 9.47 Å². The minimum atomic E-state index is -0.225. The molecule has 1 aliphatic heterocycles. The number of hydrogen-bond acceptors (Lipinski definition) is 4. The van der Waals surface area contributed by atoms with Crippen molar-refractivity contribution in [3.05, 3.63) is 65.4 Å². The number of H-pyrrole nitrogens is 1. The average Bonchev–Trinajstić information content (AvgIpc) is 3.39. The van der Waals surface area contributed by atoms with Crippen LogP contribution in [-0.2, 0) is 0 Å².